The quantitative estimate of drug-likeness (QED) is 0.216. The van der Waals surface area contributed by atoms with Crippen LogP contribution < -0.4 is 11.6 Å². The van der Waals surface area contributed by atoms with E-state index in [0.29, 0.717) is 5.17 Å². The number of hydrogen-bond acceptors (Lipinski definition) is 3. The highest BCUT2D eigenvalue weighted by Crippen LogP contribution is 2.10. The molecule has 0 rings (SSSR count). The molecule has 0 aliphatic rings. The molecule has 0 unspecified atom stereocenters. The van der Waals surface area contributed by atoms with E-state index in [-0.39, 0.29) is 0 Å². The highest BCUT2D eigenvalue weighted by Gasteiger charge is 1.94. The van der Waals surface area contributed by atoms with E-state index < -0.39 is 0 Å². The van der Waals surface area contributed by atoms with Gasteiger partial charge in [0.15, 0.2) is 5.17 Å². The number of amidine groups is 1. The molecule has 84 valence electrons. The molecule has 0 saturated heterocycles. The van der Waals surface area contributed by atoms with Gasteiger partial charge in [-0.05, 0) is 6.42 Å². The smallest absolute Gasteiger partial charge is 0.177 e. The lowest BCUT2D eigenvalue weighted by atomic mass is 10.1. The van der Waals surface area contributed by atoms with Crippen LogP contribution in [0.2, 0.25) is 0 Å². The zero-order valence-electron chi connectivity index (χ0n) is 9.17. The zero-order valence-corrected chi connectivity index (χ0v) is 9.98. The molecule has 3 nitrogen and oxygen atoms in total. The molecule has 0 aliphatic heterocycles. The Hall–Kier alpha value is -0.380. The molecule has 4 heteroatoms. The number of thioether (sulfide) groups is 1. The summed E-state index contributed by atoms with van der Waals surface area (Å²) in [4.78, 5) is 0. The molecule has 0 aliphatic carbocycles. The van der Waals surface area contributed by atoms with Crippen molar-refractivity contribution in [3.05, 3.63) is 0 Å². The van der Waals surface area contributed by atoms with Gasteiger partial charge in [0.05, 0.1) is 0 Å². The molecular weight excluding hydrogens is 194 g/mol. The molecule has 0 aromatic carbocycles. The summed E-state index contributed by atoms with van der Waals surface area (Å²) >= 11 is 1.55. The summed E-state index contributed by atoms with van der Waals surface area (Å²) in [5.74, 6) is 6.05. The Morgan fingerprint density at radius 2 is 1.64 bits per heavy atom. The summed E-state index contributed by atoms with van der Waals surface area (Å²) in [7, 11) is 0. The van der Waals surface area contributed by atoms with E-state index in [4.69, 9.17) is 11.6 Å². The first-order valence-electron chi connectivity index (χ1n) is 5.47. The summed E-state index contributed by atoms with van der Waals surface area (Å²) in [6, 6.07) is 0. The summed E-state index contributed by atoms with van der Waals surface area (Å²) in [6.07, 6.45) is 9.32. The average Bonchev–Trinajstić information content (AvgIpc) is 2.21. The van der Waals surface area contributed by atoms with Crippen LogP contribution in [-0.4, -0.2) is 10.9 Å². The van der Waals surface area contributed by atoms with Crippen molar-refractivity contribution in [2.75, 3.05) is 5.75 Å². The molecule has 0 bridgehead atoms. The largest absolute Gasteiger partial charge is 0.377 e. The van der Waals surface area contributed by atoms with Crippen molar-refractivity contribution in [2.45, 2.75) is 51.9 Å². The predicted octanol–water partition coefficient (Wildman–Crippen LogP) is 2.66. The molecule has 0 aromatic heterocycles. The first-order chi connectivity index (χ1) is 6.81. The topological polar surface area (TPSA) is 64.4 Å². The Morgan fingerprint density at radius 1 is 1.07 bits per heavy atom. The van der Waals surface area contributed by atoms with Crippen molar-refractivity contribution < 1.29 is 0 Å². The number of nitrogens with zero attached hydrogens (tertiary/aromatic N) is 1. The van der Waals surface area contributed by atoms with E-state index >= 15 is 0 Å². The Morgan fingerprint density at radius 3 is 2.21 bits per heavy atom. The van der Waals surface area contributed by atoms with Gasteiger partial charge in [-0.1, -0.05) is 57.2 Å². The van der Waals surface area contributed by atoms with Crippen molar-refractivity contribution in [3.8, 4) is 0 Å². The third-order valence-electron chi connectivity index (χ3n) is 2.13. The van der Waals surface area contributed by atoms with Gasteiger partial charge in [-0.25, -0.2) is 0 Å². The second-order valence-electron chi connectivity index (χ2n) is 3.44. The van der Waals surface area contributed by atoms with E-state index in [2.05, 4.69) is 12.0 Å². The summed E-state index contributed by atoms with van der Waals surface area (Å²) in [5, 5.41) is 3.90. The van der Waals surface area contributed by atoms with E-state index in [1.54, 1.807) is 11.8 Å². The molecule has 0 aromatic rings. The van der Waals surface area contributed by atoms with Crippen LogP contribution in [0.4, 0.5) is 0 Å². The minimum Gasteiger partial charge on any atom is -0.377 e. The van der Waals surface area contributed by atoms with Crippen LogP contribution in [-0.2, 0) is 0 Å². The van der Waals surface area contributed by atoms with E-state index in [9.17, 15) is 0 Å². The Balaban J connectivity index is 2.99. The van der Waals surface area contributed by atoms with E-state index in [1.165, 1.54) is 44.9 Å². The molecule has 0 atom stereocenters. The molecule has 0 radical (unpaired) electrons. The molecule has 0 amide bonds. The lowest BCUT2D eigenvalue weighted by Gasteiger charge is -2.00. The molecule has 0 heterocycles. The van der Waals surface area contributed by atoms with Crippen molar-refractivity contribution >= 4 is 16.9 Å². The lowest BCUT2D eigenvalue weighted by molar-refractivity contribution is 0.604. The Kier molecular flexibility index (Phi) is 10.4. The van der Waals surface area contributed by atoms with Gasteiger partial charge in [0.1, 0.15) is 0 Å². The van der Waals surface area contributed by atoms with Crippen LogP contribution in [0.1, 0.15) is 51.9 Å². The molecule has 14 heavy (non-hydrogen) atoms. The second kappa shape index (κ2) is 10.7. The van der Waals surface area contributed by atoms with E-state index in [1.807, 2.05) is 0 Å². The third-order valence-corrected chi connectivity index (χ3v) is 3.02. The van der Waals surface area contributed by atoms with Crippen LogP contribution in [0.15, 0.2) is 5.10 Å². The normalized spacial score (nSPS) is 11.9. The van der Waals surface area contributed by atoms with Crippen LogP contribution in [0.25, 0.3) is 0 Å². The Labute approximate surface area is 91.7 Å². The fourth-order valence-corrected chi connectivity index (χ4v) is 1.91. The maximum absolute atomic E-state index is 5.44. The van der Waals surface area contributed by atoms with Gasteiger partial charge in [0, 0.05) is 5.75 Å². The zero-order chi connectivity index (χ0) is 10.6. The minimum atomic E-state index is 0.496. The van der Waals surface area contributed by atoms with Gasteiger partial charge in [-0.2, -0.15) is 5.10 Å². The summed E-state index contributed by atoms with van der Waals surface area (Å²) in [6.45, 7) is 2.24. The molecule has 0 saturated carbocycles. The first-order valence-corrected chi connectivity index (χ1v) is 6.46. The van der Waals surface area contributed by atoms with Crippen molar-refractivity contribution in [1.29, 1.82) is 0 Å². The van der Waals surface area contributed by atoms with E-state index in [0.717, 1.165) is 5.75 Å². The fourth-order valence-electron chi connectivity index (χ4n) is 1.27. The van der Waals surface area contributed by atoms with Crippen molar-refractivity contribution in [2.24, 2.45) is 16.7 Å². The number of hydrogen-bond donors (Lipinski definition) is 2. The number of nitrogens with two attached hydrogens (primary N) is 2. The minimum absolute atomic E-state index is 0.496. The van der Waals surface area contributed by atoms with Gasteiger partial charge >= 0.3 is 0 Å². The second-order valence-corrected chi connectivity index (χ2v) is 4.55. The van der Waals surface area contributed by atoms with Crippen LogP contribution in [0.3, 0.4) is 0 Å². The number of hydrazone groups is 1. The van der Waals surface area contributed by atoms with Crippen molar-refractivity contribution in [1.82, 2.24) is 0 Å². The van der Waals surface area contributed by atoms with Gasteiger partial charge in [-0.3, -0.25) is 0 Å². The monoisotopic (exact) mass is 217 g/mol. The maximum atomic E-state index is 5.44. The van der Waals surface area contributed by atoms with Gasteiger partial charge < -0.3 is 11.6 Å². The maximum Gasteiger partial charge on any atom is 0.177 e. The molecule has 0 spiro atoms. The predicted molar refractivity (Wildman–Crippen MR) is 66.3 cm³/mol. The average molecular weight is 217 g/mol. The Bertz CT molecular complexity index is 148. The van der Waals surface area contributed by atoms with Crippen LogP contribution >= 0.6 is 11.8 Å². The molecule has 0 fully saturated rings. The number of unbranched alkanes of at least 4 members (excludes halogenated alkanes) is 6. The lowest BCUT2D eigenvalue weighted by Crippen LogP contribution is -2.09. The summed E-state index contributed by atoms with van der Waals surface area (Å²) in [5.41, 5.74) is 5.44. The van der Waals surface area contributed by atoms with Crippen LogP contribution in [0, 0.1) is 0 Å². The molecular formula is C10H23N3S. The van der Waals surface area contributed by atoms with Crippen molar-refractivity contribution in [3.63, 3.8) is 0 Å². The standard InChI is InChI=1S/C10H23N3S/c1-2-3-4-5-6-7-8-9-14-10(11)13-12/h2-9,12H2,1H3,(H2,11,13). The number of rotatable bonds is 8. The summed E-state index contributed by atoms with van der Waals surface area (Å²) < 4.78 is 0. The van der Waals surface area contributed by atoms with Gasteiger partial charge in [0.25, 0.3) is 0 Å². The van der Waals surface area contributed by atoms with Gasteiger partial charge in [-0.15, -0.1) is 0 Å². The highest BCUT2D eigenvalue weighted by atomic mass is 32.2. The SMILES string of the molecule is CCCCCCCCCSC(N)=NN. The highest BCUT2D eigenvalue weighted by molar-refractivity contribution is 8.13. The first kappa shape index (κ1) is 13.6. The molecule has 4 N–H and O–H groups in total. The van der Waals surface area contributed by atoms with Gasteiger partial charge in [0.2, 0.25) is 0 Å². The third kappa shape index (κ3) is 9.71. The van der Waals surface area contributed by atoms with Crippen LogP contribution in [0.5, 0.6) is 0 Å². The fraction of sp³-hybridized carbons (Fsp3) is 0.900.